The van der Waals surface area contributed by atoms with Gasteiger partial charge in [0.25, 0.3) is 0 Å². The molecule has 1 aliphatic carbocycles. The fourth-order valence-corrected chi connectivity index (χ4v) is 8.74. The second-order valence-electron chi connectivity index (χ2n) is 14.2. The van der Waals surface area contributed by atoms with Gasteiger partial charge in [0.05, 0.1) is 11.0 Å². The Balaban J connectivity index is 1.14. The van der Waals surface area contributed by atoms with Gasteiger partial charge < -0.3 is 4.57 Å². The summed E-state index contributed by atoms with van der Waals surface area (Å²) in [6, 6.07) is 58.1. The molecule has 3 heteroatoms. The minimum atomic E-state index is -0.149. The predicted octanol–water partition coefficient (Wildman–Crippen LogP) is 11.2. The molecule has 1 fully saturated rings. The molecule has 236 valence electrons. The lowest BCUT2D eigenvalue weighted by Crippen LogP contribution is -2.16. The third-order valence-electron chi connectivity index (χ3n) is 11.0. The molecular weight excluding hydrogens is 595 g/mol. The summed E-state index contributed by atoms with van der Waals surface area (Å²) in [7, 11) is 0. The van der Waals surface area contributed by atoms with E-state index in [1.54, 1.807) is 0 Å². The molecule has 0 saturated carbocycles. The van der Waals surface area contributed by atoms with Crippen LogP contribution < -0.4 is 0 Å². The van der Waals surface area contributed by atoms with Crippen LogP contribution in [0.5, 0.6) is 0 Å². The Morgan fingerprint density at radius 2 is 1.08 bits per heavy atom. The van der Waals surface area contributed by atoms with Crippen molar-refractivity contribution in [3.63, 3.8) is 0 Å². The molecule has 1 aromatic heterocycles. The zero-order valence-electron chi connectivity index (χ0n) is 27.8. The Morgan fingerprint density at radius 1 is 0.531 bits per heavy atom. The molecule has 0 N–H and O–H groups in total. The van der Waals surface area contributed by atoms with E-state index in [4.69, 9.17) is 0 Å². The summed E-state index contributed by atoms with van der Waals surface area (Å²) in [6.07, 6.45) is 0.231. The summed E-state index contributed by atoms with van der Waals surface area (Å²) in [6.45, 7) is 6.60. The third kappa shape index (κ3) is 4.29. The van der Waals surface area contributed by atoms with Gasteiger partial charge in [0.2, 0.25) is 0 Å². The minimum absolute atomic E-state index is 0.149. The van der Waals surface area contributed by atoms with Crippen molar-refractivity contribution in [3.05, 3.63) is 186 Å². The van der Waals surface area contributed by atoms with Crippen LogP contribution in [-0.4, -0.2) is 14.6 Å². The first-order valence-electron chi connectivity index (χ1n) is 17.4. The number of rotatable bonds is 6. The standard InChI is InChI=1S/C46H37N3/c1-46(2)39-23-13-11-21-37(39)41-35-19-9-10-20-36(35)42-38-22-12-14-24-40(38)49(44(42)43(41)46)34-27-25-33(26-28-34)45-47(29-31-15-5-3-6-16-31)48(45)30-32-17-7-4-8-18-32/h3-28,45H,29-30H2,1-2H3. The van der Waals surface area contributed by atoms with Gasteiger partial charge in [0, 0.05) is 35.0 Å². The highest BCUT2D eigenvalue weighted by Gasteiger charge is 2.46. The molecule has 0 amide bonds. The van der Waals surface area contributed by atoms with Crippen LogP contribution in [0.25, 0.3) is 49.4 Å². The zero-order valence-corrected chi connectivity index (χ0v) is 27.8. The Hall–Kier alpha value is -5.48. The van der Waals surface area contributed by atoms with Crippen LogP contribution >= 0.6 is 0 Å². The van der Waals surface area contributed by atoms with Gasteiger partial charge in [-0.15, -0.1) is 0 Å². The van der Waals surface area contributed by atoms with Crippen molar-refractivity contribution in [2.24, 2.45) is 0 Å². The lowest BCUT2D eigenvalue weighted by atomic mass is 9.80. The molecule has 2 aliphatic rings. The van der Waals surface area contributed by atoms with Crippen molar-refractivity contribution in [1.29, 1.82) is 0 Å². The maximum Gasteiger partial charge on any atom is 0.116 e. The monoisotopic (exact) mass is 631 g/mol. The van der Waals surface area contributed by atoms with Gasteiger partial charge in [-0.1, -0.05) is 153 Å². The quantitative estimate of drug-likeness (QED) is 0.169. The Kier molecular flexibility index (Phi) is 6.27. The van der Waals surface area contributed by atoms with Gasteiger partial charge in [-0.05, 0) is 67.9 Å². The molecule has 1 saturated heterocycles. The van der Waals surface area contributed by atoms with E-state index < -0.39 is 0 Å². The van der Waals surface area contributed by atoms with E-state index in [0.29, 0.717) is 0 Å². The summed E-state index contributed by atoms with van der Waals surface area (Å²) < 4.78 is 2.55. The number of fused-ring (bicyclic) bond motifs is 10. The number of hydrogen-bond donors (Lipinski definition) is 0. The van der Waals surface area contributed by atoms with Crippen molar-refractivity contribution < 1.29 is 0 Å². The van der Waals surface area contributed by atoms with Crippen LogP contribution in [0.2, 0.25) is 0 Å². The summed E-state index contributed by atoms with van der Waals surface area (Å²) in [5, 5.41) is 10.3. The summed E-state index contributed by atoms with van der Waals surface area (Å²) in [5.74, 6) is 0. The average molecular weight is 632 g/mol. The van der Waals surface area contributed by atoms with Crippen LogP contribution in [0.1, 0.15) is 47.8 Å². The van der Waals surface area contributed by atoms with E-state index in [1.807, 2.05) is 0 Å². The Labute approximate surface area is 287 Å². The molecule has 0 spiro atoms. The first-order valence-corrected chi connectivity index (χ1v) is 17.4. The molecule has 2 atom stereocenters. The number of para-hydroxylation sites is 1. The number of hydrazine groups is 1. The molecule has 8 aromatic rings. The number of benzene rings is 7. The molecule has 1 aliphatic heterocycles. The van der Waals surface area contributed by atoms with Gasteiger partial charge in [-0.25, -0.2) is 10.0 Å². The van der Waals surface area contributed by atoms with Crippen molar-refractivity contribution in [2.45, 2.75) is 38.5 Å². The van der Waals surface area contributed by atoms with Gasteiger partial charge in [0.15, 0.2) is 0 Å². The van der Waals surface area contributed by atoms with Crippen LogP contribution in [0.15, 0.2) is 158 Å². The topological polar surface area (TPSA) is 10.9 Å². The van der Waals surface area contributed by atoms with E-state index in [2.05, 4.69) is 186 Å². The van der Waals surface area contributed by atoms with Crippen molar-refractivity contribution >= 4 is 32.6 Å². The average Bonchev–Trinajstić information content (AvgIpc) is 3.59. The summed E-state index contributed by atoms with van der Waals surface area (Å²) in [5.41, 5.74) is 13.2. The molecular formula is C46H37N3. The number of aromatic nitrogens is 1. The smallest absolute Gasteiger partial charge is 0.116 e. The van der Waals surface area contributed by atoms with Gasteiger partial charge >= 0.3 is 0 Å². The van der Waals surface area contributed by atoms with Crippen molar-refractivity contribution in [2.75, 3.05) is 0 Å². The summed E-state index contributed by atoms with van der Waals surface area (Å²) in [4.78, 5) is 0. The highest BCUT2D eigenvalue weighted by molar-refractivity contribution is 6.26. The fourth-order valence-electron chi connectivity index (χ4n) is 8.74. The zero-order chi connectivity index (χ0) is 32.7. The Morgan fingerprint density at radius 3 is 1.76 bits per heavy atom. The van der Waals surface area contributed by atoms with Crippen LogP contribution in [0, 0.1) is 0 Å². The van der Waals surface area contributed by atoms with Gasteiger partial charge in [-0.2, -0.15) is 0 Å². The third-order valence-corrected chi connectivity index (χ3v) is 11.0. The molecule has 0 radical (unpaired) electrons. The highest BCUT2D eigenvalue weighted by atomic mass is 15.9. The van der Waals surface area contributed by atoms with E-state index in [1.165, 1.54) is 77.2 Å². The maximum atomic E-state index is 2.55. The molecule has 2 unspecified atom stereocenters. The molecule has 2 heterocycles. The molecule has 3 nitrogen and oxygen atoms in total. The van der Waals surface area contributed by atoms with Gasteiger partial charge in [-0.3, -0.25) is 0 Å². The lowest BCUT2D eigenvalue weighted by Gasteiger charge is -2.24. The lowest BCUT2D eigenvalue weighted by molar-refractivity contribution is 0.293. The van der Waals surface area contributed by atoms with Crippen molar-refractivity contribution in [3.8, 4) is 16.8 Å². The number of nitrogens with zero attached hydrogens (tertiary/aromatic N) is 3. The van der Waals surface area contributed by atoms with Crippen LogP contribution in [-0.2, 0) is 18.5 Å². The SMILES string of the molecule is CC1(C)c2ccccc2-c2c1c1c(c3ccccc23)c2ccccc2n1-c1ccc(C2N(Cc3ccccc3)N2Cc2ccccc2)cc1. The second kappa shape index (κ2) is 10.8. The van der Waals surface area contributed by atoms with Gasteiger partial charge in [0.1, 0.15) is 6.17 Å². The largest absolute Gasteiger partial charge is 0.309 e. The molecule has 10 rings (SSSR count). The second-order valence-corrected chi connectivity index (χ2v) is 14.2. The van der Waals surface area contributed by atoms with Crippen molar-refractivity contribution in [1.82, 2.24) is 14.6 Å². The first-order chi connectivity index (χ1) is 24.1. The molecule has 0 bridgehead atoms. The first kappa shape index (κ1) is 28.5. The summed E-state index contributed by atoms with van der Waals surface area (Å²) >= 11 is 0. The molecule has 49 heavy (non-hydrogen) atoms. The van der Waals surface area contributed by atoms with E-state index in [-0.39, 0.29) is 11.6 Å². The number of hydrogen-bond acceptors (Lipinski definition) is 2. The van der Waals surface area contributed by atoms with Crippen LogP contribution in [0.4, 0.5) is 0 Å². The Bertz CT molecular complexity index is 2480. The molecule has 7 aromatic carbocycles. The fraction of sp³-hybridized carbons (Fsp3) is 0.130. The van der Waals surface area contributed by atoms with E-state index >= 15 is 0 Å². The normalized spacial score (nSPS) is 18.9. The van der Waals surface area contributed by atoms with E-state index in [0.717, 1.165) is 13.1 Å². The van der Waals surface area contributed by atoms with E-state index in [9.17, 15) is 0 Å². The minimum Gasteiger partial charge on any atom is -0.309 e. The predicted molar refractivity (Wildman–Crippen MR) is 203 cm³/mol. The highest BCUT2D eigenvalue weighted by Crippen LogP contribution is 2.56. The van der Waals surface area contributed by atoms with Crippen LogP contribution in [0.3, 0.4) is 0 Å². The maximum absolute atomic E-state index is 2.55.